The lowest BCUT2D eigenvalue weighted by atomic mass is 10.1. The van der Waals surface area contributed by atoms with E-state index < -0.39 is 0 Å². The van der Waals surface area contributed by atoms with E-state index in [-0.39, 0.29) is 12.5 Å². The van der Waals surface area contributed by atoms with Crippen LogP contribution in [0.3, 0.4) is 0 Å². The van der Waals surface area contributed by atoms with Crippen LogP contribution in [0.2, 0.25) is 0 Å². The van der Waals surface area contributed by atoms with E-state index in [1.165, 1.54) is 0 Å². The Labute approximate surface area is 228 Å². The van der Waals surface area contributed by atoms with Crippen LogP contribution >= 0.6 is 0 Å². The third-order valence-electron chi connectivity index (χ3n) is 7.05. The van der Waals surface area contributed by atoms with Crippen LogP contribution < -0.4 is 4.90 Å². The Kier molecular flexibility index (Phi) is 6.87. The van der Waals surface area contributed by atoms with Gasteiger partial charge in [-0.3, -0.25) is 4.79 Å². The van der Waals surface area contributed by atoms with Gasteiger partial charge in [0.2, 0.25) is 11.9 Å². The molecule has 2 aromatic heterocycles. The normalized spacial score (nSPS) is 13.0. The lowest BCUT2D eigenvalue weighted by molar-refractivity contribution is -0.128. The molecule has 1 saturated heterocycles. The van der Waals surface area contributed by atoms with Gasteiger partial charge in [0.15, 0.2) is 0 Å². The monoisotopic (exact) mass is 514 g/mol. The Morgan fingerprint density at radius 2 is 1.41 bits per heavy atom. The van der Waals surface area contributed by atoms with Crippen LogP contribution in [-0.2, 0) is 4.79 Å². The second kappa shape index (κ2) is 10.9. The molecule has 1 amide bonds. The molecule has 0 bridgehead atoms. The fourth-order valence-electron chi connectivity index (χ4n) is 4.98. The third kappa shape index (κ3) is 5.16. The zero-order valence-electron chi connectivity index (χ0n) is 21.9. The number of likely N-dealkylation sites (N-methyl/N-ethyl adjacent to an activating group) is 1. The number of hydrogen-bond donors (Lipinski definition) is 0. The Bertz CT molecular complexity index is 1560. The number of nitrogens with zero attached hydrogens (tertiary/aromatic N) is 6. The van der Waals surface area contributed by atoms with E-state index in [9.17, 15) is 4.79 Å². The number of benzene rings is 3. The molecule has 0 N–H and O–H groups in total. The number of anilines is 1. The van der Waals surface area contributed by atoms with Crippen molar-refractivity contribution in [1.82, 2.24) is 24.6 Å². The van der Waals surface area contributed by atoms with E-state index >= 15 is 0 Å². The average Bonchev–Trinajstić information content (AvgIpc) is 3.70. The SMILES string of the molecule is CN(CC(=O)N1CCCC1)c1ncc(-n2nc(-c3ccccc3)cc2-c2ccccc2)c(-c2ccccc2)n1. The maximum Gasteiger partial charge on any atom is 0.242 e. The number of hydrogen-bond acceptors (Lipinski definition) is 5. The van der Waals surface area contributed by atoms with E-state index in [1.807, 2.05) is 94.5 Å². The summed E-state index contributed by atoms with van der Waals surface area (Å²) in [6, 6.07) is 32.5. The fraction of sp³-hybridized carbons (Fsp3) is 0.188. The molecule has 39 heavy (non-hydrogen) atoms. The van der Waals surface area contributed by atoms with Gasteiger partial charge >= 0.3 is 0 Å². The minimum atomic E-state index is 0.106. The van der Waals surface area contributed by atoms with Gasteiger partial charge in [-0.1, -0.05) is 91.0 Å². The molecule has 1 aliphatic heterocycles. The first-order valence-electron chi connectivity index (χ1n) is 13.3. The minimum Gasteiger partial charge on any atom is -0.341 e. The van der Waals surface area contributed by atoms with Crippen molar-refractivity contribution in [2.24, 2.45) is 0 Å². The highest BCUT2D eigenvalue weighted by Crippen LogP contribution is 2.33. The van der Waals surface area contributed by atoms with Crippen molar-refractivity contribution in [3.63, 3.8) is 0 Å². The molecule has 0 aliphatic carbocycles. The summed E-state index contributed by atoms with van der Waals surface area (Å²) in [5.74, 6) is 0.608. The molecule has 1 aliphatic rings. The summed E-state index contributed by atoms with van der Waals surface area (Å²) >= 11 is 0. The Balaban J connectivity index is 1.46. The second-order valence-corrected chi connectivity index (χ2v) is 9.77. The number of aromatic nitrogens is 4. The van der Waals surface area contributed by atoms with Gasteiger partial charge in [0, 0.05) is 36.8 Å². The molecule has 0 spiro atoms. The number of carbonyl (C=O) groups excluding carboxylic acids is 1. The molecule has 7 nitrogen and oxygen atoms in total. The highest BCUT2D eigenvalue weighted by atomic mass is 16.2. The minimum absolute atomic E-state index is 0.106. The Morgan fingerprint density at radius 1 is 0.821 bits per heavy atom. The van der Waals surface area contributed by atoms with Crippen LogP contribution in [0.1, 0.15) is 12.8 Å². The second-order valence-electron chi connectivity index (χ2n) is 9.77. The van der Waals surface area contributed by atoms with Crippen molar-refractivity contribution in [2.45, 2.75) is 12.8 Å². The van der Waals surface area contributed by atoms with Gasteiger partial charge in [0.1, 0.15) is 11.4 Å². The molecule has 0 unspecified atom stereocenters. The Hall–Kier alpha value is -4.78. The molecule has 0 saturated carbocycles. The summed E-state index contributed by atoms with van der Waals surface area (Å²) in [6.07, 6.45) is 3.95. The lowest BCUT2D eigenvalue weighted by Gasteiger charge is -2.22. The summed E-state index contributed by atoms with van der Waals surface area (Å²) in [6.45, 7) is 1.89. The quantitative estimate of drug-likeness (QED) is 0.278. The van der Waals surface area contributed by atoms with Crippen molar-refractivity contribution in [2.75, 3.05) is 31.6 Å². The van der Waals surface area contributed by atoms with Crippen LogP contribution in [0.5, 0.6) is 0 Å². The molecule has 0 radical (unpaired) electrons. The number of amides is 1. The summed E-state index contributed by atoms with van der Waals surface area (Å²) < 4.78 is 1.93. The molecule has 3 aromatic carbocycles. The van der Waals surface area contributed by atoms with Gasteiger partial charge in [0.25, 0.3) is 0 Å². The smallest absolute Gasteiger partial charge is 0.242 e. The highest BCUT2D eigenvalue weighted by Gasteiger charge is 2.22. The topological polar surface area (TPSA) is 67.2 Å². The van der Waals surface area contributed by atoms with Crippen molar-refractivity contribution >= 4 is 11.9 Å². The standard InChI is InChI=1S/C32H30N6O/c1-36(23-30(39)37-19-11-12-20-37)32-33-22-29(31(34-32)26-17-9-4-10-18-26)38-28(25-15-7-3-8-16-25)21-27(35-38)24-13-5-2-6-14-24/h2-10,13-18,21-22H,11-12,19-20,23H2,1H3. The maximum absolute atomic E-state index is 12.8. The number of likely N-dealkylation sites (tertiary alicyclic amines) is 1. The van der Waals surface area contributed by atoms with Crippen LogP contribution in [0.15, 0.2) is 103 Å². The molecular formula is C32H30N6O. The molecule has 3 heterocycles. The summed E-state index contributed by atoms with van der Waals surface area (Å²) in [4.78, 5) is 26.3. The average molecular weight is 515 g/mol. The Morgan fingerprint density at radius 3 is 2.05 bits per heavy atom. The largest absolute Gasteiger partial charge is 0.341 e. The first kappa shape index (κ1) is 24.6. The maximum atomic E-state index is 12.8. The van der Waals surface area contributed by atoms with Crippen LogP contribution in [0, 0.1) is 0 Å². The fourth-order valence-corrected chi connectivity index (χ4v) is 4.98. The molecule has 6 rings (SSSR count). The van der Waals surface area contributed by atoms with Crippen LogP contribution in [0.4, 0.5) is 5.95 Å². The van der Waals surface area contributed by atoms with Crippen LogP contribution in [0.25, 0.3) is 39.5 Å². The molecule has 194 valence electrons. The van der Waals surface area contributed by atoms with Gasteiger partial charge in [-0.15, -0.1) is 0 Å². The molecular weight excluding hydrogens is 484 g/mol. The highest BCUT2D eigenvalue weighted by molar-refractivity contribution is 5.81. The van der Waals surface area contributed by atoms with Gasteiger partial charge in [-0.25, -0.2) is 14.6 Å². The van der Waals surface area contributed by atoms with E-state index in [2.05, 4.69) is 30.3 Å². The first-order chi connectivity index (χ1) is 19.2. The number of rotatable bonds is 7. The lowest BCUT2D eigenvalue weighted by Crippen LogP contribution is -2.37. The summed E-state index contributed by atoms with van der Waals surface area (Å²) in [7, 11) is 1.87. The zero-order chi connectivity index (χ0) is 26.6. The van der Waals surface area contributed by atoms with E-state index in [4.69, 9.17) is 15.1 Å². The van der Waals surface area contributed by atoms with E-state index in [0.717, 1.165) is 65.4 Å². The first-order valence-corrected chi connectivity index (χ1v) is 13.3. The predicted octanol–water partition coefficient (Wildman–Crippen LogP) is 5.72. The third-order valence-corrected chi connectivity index (χ3v) is 7.05. The predicted molar refractivity (Wildman–Crippen MR) is 155 cm³/mol. The summed E-state index contributed by atoms with van der Waals surface area (Å²) in [5.41, 5.74) is 6.36. The van der Waals surface area contributed by atoms with Gasteiger partial charge in [-0.05, 0) is 18.9 Å². The molecule has 5 aromatic rings. The van der Waals surface area contributed by atoms with Gasteiger partial charge in [0.05, 0.1) is 24.1 Å². The molecule has 7 heteroatoms. The van der Waals surface area contributed by atoms with Crippen LogP contribution in [-0.4, -0.2) is 57.2 Å². The van der Waals surface area contributed by atoms with Crippen molar-refractivity contribution < 1.29 is 4.79 Å². The van der Waals surface area contributed by atoms with Gasteiger partial charge < -0.3 is 9.80 Å². The van der Waals surface area contributed by atoms with Crippen molar-refractivity contribution in [3.05, 3.63) is 103 Å². The number of carbonyl (C=O) groups is 1. The molecule has 0 atom stereocenters. The van der Waals surface area contributed by atoms with Crippen molar-refractivity contribution in [3.8, 4) is 39.5 Å². The zero-order valence-corrected chi connectivity index (χ0v) is 21.9. The van der Waals surface area contributed by atoms with E-state index in [1.54, 1.807) is 0 Å². The summed E-state index contributed by atoms with van der Waals surface area (Å²) in [5, 5.41) is 5.05. The van der Waals surface area contributed by atoms with Crippen molar-refractivity contribution in [1.29, 1.82) is 0 Å². The van der Waals surface area contributed by atoms with E-state index in [0.29, 0.717) is 5.95 Å². The molecule has 1 fully saturated rings. The van der Waals surface area contributed by atoms with Gasteiger partial charge in [-0.2, -0.15) is 5.10 Å².